The molecule has 30 heteroatoms. The number of aliphatic carboxylic acids is 1. The molecule has 30 nitrogen and oxygen atoms in total. The maximum atomic E-state index is 14.6. The van der Waals surface area contributed by atoms with Crippen molar-refractivity contribution in [2.45, 2.75) is 206 Å². The van der Waals surface area contributed by atoms with E-state index in [0.29, 0.717) is 18.4 Å². The molecule has 22 N–H and O–H groups in total. The van der Waals surface area contributed by atoms with Gasteiger partial charge in [-0.1, -0.05) is 67.5 Å². The highest BCUT2D eigenvalue weighted by Gasteiger charge is 2.41. The van der Waals surface area contributed by atoms with Gasteiger partial charge in [-0.25, -0.2) is 0 Å². The molecule has 0 aromatic heterocycles. The van der Waals surface area contributed by atoms with Crippen molar-refractivity contribution in [2.24, 2.45) is 35.1 Å². The minimum Gasteiger partial charge on any atom is -0.508 e. The molecule has 1 fully saturated rings. The molecule has 0 aliphatic carbocycles. The molecule has 1 saturated heterocycles. The second-order valence-electron chi connectivity index (χ2n) is 24.2. The second-order valence-corrected chi connectivity index (χ2v) is 24.2. The first-order chi connectivity index (χ1) is 41.3. The minimum atomic E-state index is -1.68. The molecule has 0 spiro atoms. The Morgan fingerprint density at radius 3 is 1.49 bits per heavy atom. The Labute approximate surface area is 514 Å². The third-order valence-electron chi connectivity index (χ3n) is 14.3. The first-order valence-electron chi connectivity index (χ1n) is 30.2. The predicted molar refractivity (Wildman–Crippen MR) is 322 cm³/mol. The highest BCUT2D eigenvalue weighted by atomic mass is 16.4. The van der Waals surface area contributed by atoms with Crippen molar-refractivity contribution in [2.75, 3.05) is 32.9 Å². The molecule has 1 aliphatic rings. The van der Waals surface area contributed by atoms with Crippen LogP contribution >= 0.6 is 0 Å². The summed E-state index contributed by atoms with van der Waals surface area (Å²) in [4.78, 5) is 151. The van der Waals surface area contributed by atoms with Gasteiger partial charge in [0.2, 0.25) is 53.2 Å². The molecule has 1 aromatic rings. The fraction of sp³-hybridized carbons (Fsp3) is 0.707. The summed E-state index contributed by atoms with van der Waals surface area (Å²) < 4.78 is 0. The van der Waals surface area contributed by atoms with E-state index in [2.05, 4.69) is 58.9 Å². The second kappa shape index (κ2) is 39.0. The van der Waals surface area contributed by atoms with Crippen LogP contribution in [0, 0.1) is 23.7 Å². The van der Waals surface area contributed by atoms with Gasteiger partial charge in [-0.2, -0.15) is 0 Å². The van der Waals surface area contributed by atoms with E-state index in [1.807, 2.05) is 27.7 Å². The summed E-state index contributed by atoms with van der Waals surface area (Å²) in [5, 5.41) is 75.4. The van der Waals surface area contributed by atoms with Gasteiger partial charge in [-0.05, 0) is 106 Å². The Hall–Kier alpha value is -7.09. The lowest BCUT2D eigenvalue weighted by Gasteiger charge is -2.31. The number of phenolic OH excluding ortho intramolecular Hbond substituents is 1. The Kier molecular flexibility index (Phi) is 34.2. The summed E-state index contributed by atoms with van der Waals surface area (Å²) in [6.07, 6.45) is -0.108. The summed E-state index contributed by atoms with van der Waals surface area (Å²) in [6, 6.07) is -7.89. The number of rotatable bonds is 40. The van der Waals surface area contributed by atoms with Crippen LogP contribution < -0.4 is 70.4 Å². The zero-order valence-electron chi connectivity index (χ0n) is 52.4. The summed E-state index contributed by atoms with van der Waals surface area (Å²) in [5.41, 5.74) is 15.5. The molecule has 1 aromatic carbocycles. The maximum Gasteiger partial charge on any atom is 0.303 e. The van der Waals surface area contributed by atoms with Crippen LogP contribution in [0.2, 0.25) is 0 Å². The molecular formula is C58H101N14O16+. The predicted octanol–water partition coefficient (Wildman–Crippen LogP) is -4.48. The van der Waals surface area contributed by atoms with Gasteiger partial charge in [0.05, 0.1) is 32.3 Å². The maximum absolute atomic E-state index is 14.6. The highest BCUT2D eigenvalue weighted by Crippen LogP contribution is 2.22. The Bertz CT molecular complexity index is 2450. The van der Waals surface area contributed by atoms with E-state index in [0.717, 1.165) is 0 Å². The first kappa shape index (κ1) is 77.0. The van der Waals surface area contributed by atoms with Crippen molar-refractivity contribution in [1.82, 2.24) is 58.1 Å². The van der Waals surface area contributed by atoms with Gasteiger partial charge in [0.15, 0.2) is 6.04 Å². The summed E-state index contributed by atoms with van der Waals surface area (Å²) >= 11 is 0. The number of phenols is 1. The van der Waals surface area contributed by atoms with Gasteiger partial charge in [0, 0.05) is 19.4 Å². The first-order valence-corrected chi connectivity index (χ1v) is 30.2. The number of nitrogens with two attached hydrogens (primary N) is 2. The van der Waals surface area contributed by atoms with E-state index >= 15 is 0 Å². The van der Waals surface area contributed by atoms with E-state index in [1.54, 1.807) is 39.8 Å². The molecule has 11 atom stereocenters. The smallest absolute Gasteiger partial charge is 0.303 e. The topological polar surface area (TPSA) is 492 Å². The van der Waals surface area contributed by atoms with E-state index in [1.165, 1.54) is 24.0 Å². The normalized spacial score (nSPS) is 16.7. The number of benzene rings is 1. The lowest BCUT2D eigenvalue weighted by Crippen LogP contribution is -2.69. The molecule has 2 rings (SSSR count). The van der Waals surface area contributed by atoms with Gasteiger partial charge in [-0.15, -0.1) is 0 Å². The number of carbonyl (C=O) groups is 11. The van der Waals surface area contributed by atoms with Crippen LogP contribution in [-0.2, 0) is 59.2 Å². The number of carboxylic acids is 1. The fourth-order valence-electron chi connectivity index (χ4n) is 9.71. The van der Waals surface area contributed by atoms with Crippen molar-refractivity contribution in [3.05, 3.63) is 29.8 Å². The van der Waals surface area contributed by atoms with E-state index < -0.39 is 158 Å². The highest BCUT2D eigenvalue weighted by molar-refractivity contribution is 5.99. The van der Waals surface area contributed by atoms with Gasteiger partial charge in [0.25, 0.3) is 5.91 Å². The standard InChI is InChI=1S/C58H100N14O16/c1-30(2)22-36(27-73)64-54(85)44(28-74)71-50(81)39(12-10-20-62-58(60)61)65-52(83)42(25-33(7)8)67-55(86)45(29-75)70-48(79)34(9)63-51(82)40(23-31(3)4)68-56(87)46-13-11-21-72(46)57(88)43(26-35-14-16-37(76)17-15-35)69-53(84)41(24-32(5)6)66-49(80)38(59)18-19-47(77)78/h14-17,30-34,36,38-46,58,62,73-76H,10-13,18-29,59-61H2,1-9H3,(H,63,82)(H,64,85)(H,65,83)(H,66,80)(H,67,86)(H,68,87)(H,69,84)(H,70,79)(H,71,81)(H,77,78)/p+1/t34-,36-,38-,39-,40-,41-,42-,43-,44-,45-,46-/m0/s1. The number of aliphatic hydroxyl groups is 3. The van der Waals surface area contributed by atoms with Gasteiger partial charge >= 0.3 is 5.97 Å². The summed E-state index contributed by atoms with van der Waals surface area (Å²) in [6.45, 7) is 13.8. The number of hydrogen-bond acceptors (Lipinski definition) is 18. The Morgan fingerprint density at radius 2 is 0.989 bits per heavy atom. The van der Waals surface area contributed by atoms with Crippen LogP contribution in [0.3, 0.4) is 0 Å². The number of carbonyl (C=O) groups excluding carboxylic acids is 10. The van der Waals surface area contributed by atoms with Gasteiger partial charge < -0.3 is 95.5 Å². The third-order valence-corrected chi connectivity index (χ3v) is 14.3. The molecule has 0 unspecified atom stereocenters. The zero-order valence-corrected chi connectivity index (χ0v) is 52.4. The number of carboxylic acid groups (broad SMARTS) is 1. The number of hydrogen-bond donors (Lipinski definition) is 18. The molecule has 0 radical (unpaired) electrons. The van der Waals surface area contributed by atoms with Crippen molar-refractivity contribution in [1.29, 1.82) is 0 Å². The van der Waals surface area contributed by atoms with E-state index in [9.17, 15) is 73.2 Å². The molecule has 1 aliphatic heterocycles. The molecule has 0 saturated carbocycles. The number of amides is 10. The zero-order chi connectivity index (χ0) is 66.5. The quantitative estimate of drug-likeness (QED) is 0.0218. The lowest BCUT2D eigenvalue weighted by atomic mass is 9.99. The van der Waals surface area contributed by atoms with Gasteiger partial charge in [0.1, 0.15) is 66.4 Å². The van der Waals surface area contributed by atoms with E-state index in [4.69, 9.17) is 16.6 Å². The van der Waals surface area contributed by atoms with Crippen molar-refractivity contribution in [3.8, 4) is 5.75 Å². The van der Waals surface area contributed by atoms with Crippen LogP contribution in [0.5, 0.6) is 5.75 Å². The van der Waals surface area contributed by atoms with Crippen molar-refractivity contribution in [3.63, 3.8) is 0 Å². The van der Waals surface area contributed by atoms with Crippen LogP contribution in [0.1, 0.15) is 132 Å². The summed E-state index contributed by atoms with van der Waals surface area (Å²) in [5.74, 6) is -9.70. The molecule has 1 heterocycles. The number of likely N-dealkylation sites (tertiary alicyclic amines) is 1. The van der Waals surface area contributed by atoms with Crippen molar-refractivity contribution >= 4 is 65.0 Å². The summed E-state index contributed by atoms with van der Waals surface area (Å²) in [7, 11) is 0. The van der Waals surface area contributed by atoms with Crippen LogP contribution in [-0.4, -0.2) is 201 Å². The number of nitrogens with one attached hydrogen (secondary N) is 10. The number of aliphatic hydroxyl groups excluding tert-OH is 3. The van der Waals surface area contributed by atoms with Crippen LogP contribution in [0.4, 0.5) is 0 Å². The molecule has 498 valence electrons. The molecular weight excluding hydrogens is 1150 g/mol. The van der Waals surface area contributed by atoms with Gasteiger partial charge in [-0.3, -0.25) is 58.1 Å². The monoisotopic (exact) mass is 1250 g/mol. The number of aromatic hydroxyl groups is 1. The lowest BCUT2D eigenvalue weighted by molar-refractivity contribution is -0.405. The van der Waals surface area contributed by atoms with Crippen molar-refractivity contribution < 1.29 is 84.0 Å². The SMILES string of the molecule is CC(C)C[C@@H](CO)NC(=O)[C@H](CO)NC(=O)[C@H](CCCNC(N)N)NC(=O)[C@H](CC(C)C)NC(=O)[C@H](CO)NC(=O)[C@H](C)NC(=O)[C@H](CC(C)C)NC(=O)[C@@H]1CCCN1C(=O)[C@H](Cc1ccc(O)cc1)NC(=O)[C@H](CC(C)C)NC(=O)[C@@H]([NH3+])CCC(=O)O. The van der Waals surface area contributed by atoms with Crippen LogP contribution in [0.15, 0.2) is 24.3 Å². The minimum absolute atomic E-state index is 0.00181. The average Bonchev–Trinajstić information content (AvgIpc) is 4.13. The molecule has 88 heavy (non-hydrogen) atoms. The number of nitrogens with zero attached hydrogens (tertiary/aromatic N) is 1. The van der Waals surface area contributed by atoms with E-state index in [-0.39, 0.29) is 100 Å². The fourth-order valence-corrected chi connectivity index (χ4v) is 9.71. The Balaban J connectivity index is 2.31. The third kappa shape index (κ3) is 27.9. The largest absolute Gasteiger partial charge is 0.508 e. The molecule has 10 amide bonds. The average molecular weight is 1250 g/mol. The number of quaternary nitrogens is 1. The Morgan fingerprint density at radius 1 is 0.545 bits per heavy atom. The van der Waals surface area contributed by atoms with Crippen LogP contribution in [0.25, 0.3) is 0 Å². The molecule has 0 bridgehead atoms.